The number of sulfone groups is 1. The zero-order chi connectivity index (χ0) is 28.1. The van der Waals surface area contributed by atoms with Crippen LogP contribution in [0.3, 0.4) is 0 Å². The van der Waals surface area contributed by atoms with Gasteiger partial charge in [0.05, 0.1) is 17.1 Å². The first-order valence-electron chi connectivity index (χ1n) is 13.6. The normalized spacial score (nSPS) is 24.3. The molecule has 3 aliphatic carbocycles. The summed E-state index contributed by atoms with van der Waals surface area (Å²) in [6.07, 6.45) is 12.8. The van der Waals surface area contributed by atoms with Crippen LogP contribution in [0, 0.1) is 0 Å². The van der Waals surface area contributed by atoms with Crippen LogP contribution in [0.25, 0.3) is 5.57 Å². The van der Waals surface area contributed by atoms with Gasteiger partial charge in [0, 0.05) is 35.2 Å². The quantitative estimate of drug-likeness (QED) is 0.335. The Hall–Kier alpha value is -2.77. The zero-order valence-corrected chi connectivity index (χ0v) is 23.1. The van der Waals surface area contributed by atoms with Gasteiger partial charge in [0.15, 0.2) is 9.84 Å². The van der Waals surface area contributed by atoms with Crippen LogP contribution in [0.5, 0.6) is 0 Å². The molecule has 0 saturated heterocycles. The first-order valence-corrected chi connectivity index (χ1v) is 15.1. The average Bonchev–Trinajstić information content (AvgIpc) is 3.29. The lowest BCUT2D eigenvalue weighted by molar-refractivity contribution is -0.0247. The van der Waals surface area contributed by atoms with Gasteiger partial charge in [-0.25, -0.2) is 17.2 Å². The second-order valence-electron chi connectivity index (χ2n) is 10.7. The van der Waals surface area contributed by atoms with Crippen LogP contribution in [0.4, 0.5) is 8.78 Å². The predicted octanol–water partition coefficient (Wildman–Crippen LogP) is 6.14. The highest BCUT2D eigenvalue weighted by molar-refractivity contribution is 7.94. The van der Waals surface area contributed by atoms with Gasteiger partial charge in [0.2, 0.25) is 0 Å². The lowest BCUT2D eigenvalue weighted by Crippen LogP contribution is -2.32. The van der Waals surface area contributed by atoms with E-state index in [4.69, 9.17) is 0 Å². The van der Waals surface area contributed by atoms with E-state index in [-0.39, 0.29) is 29.5 Å². The molecule has 8 heteroatoms. The van der Waals surface area contributed by atoms with Gasteiger partial charge in [0.25, 0.3) is 5.92 Å². The van der Waals surface area contributed by atoms with Crippen LogP contribution in [-0.2, 0) is 9.84 Å². The minimum atomic E-state index is -3.59. The second-order valence-corrected chi connectivity index (χ2v) is 12.5. The van der Waals surface area contributed by atoms with E-state index >= 15 is 0 Å². The summed E-state index contributed by atoms with van der Waals surface area (Å²) >= 11 is 0. The minimum absolute atomic E-state index is 0.0648. The number of hydrogen-bond donors (Lipinski definition) is 3. The van der Waals surface area contributed by atoms with Crippen LogP contribution < -0.4 is 5.32 Å². The average molecular weight is 558 g/mol. The van der Waals surface area contributed by atoms with Gasteiger partial charge in [-0.15, -0.1) is 5.73 Å². The topological polar surface area (TPSA) is 86.6 Å². The molecule has 0 bridgehead atoms. The van der Waals surface area contributed by atoms with Crippen LogP contribution in [-0.4, -0.2) is 42.8 Å². The highest BCUT2D eigenvalue weighted by Gasteiger charge is 2.30. The summed E-state index contributed by atoms with van der Waals surface area (Å²) in [6.45, 7) is 1.19. The minimum Gasteiger partial charge on any atom is -0.393 e. The molecule has 1 aromatic carbocycles. The fraction of sp³-hybridized carbons (Fsp3) is 0.452. The van der Waals surface area contributed by atoms with Gasteiger partial charge in [-0.3, -0.25) is 0 Å². The zero-order valence-electron chi connectivity index (χ0n) is 22.3. The number of hydrogen-bond acceptors (Lipinski definition) is 5. The van der Waals surface area contributed by atoms with Crippen molar-refractivity contribution in [3.63, 3.8) is 0 Å². The molecule has 3 aliphatic rings. The Morgan fingerprint density at radius 1 is 1.10 bits per heavy atom. The van der Waals surface area contributed by atoms with E-state index in [1.165, 1.54) is 24.5 Å². The smallest absolute Gasteiger partial charge is 0.273 e. The Balaban J connectivity index is 1.35. The molecule has 4 rings (SSSR count). The first-order chi connectivity index (χ1) is 18.5. The maximum atomic E-state index is 14.0. The molecule has 1 aromatic rings. The molecule has 0 amide bonds. The standard InChI is InChI=1S/C31H37F2NO4S/c1-2-31(32,33)26-6-3-7-27(15-12-26)34-28-13-8-23(9-14-28)21-39(37,38)29-16-10-25(11-17-29)24-5-4-19-30(36,22-35)20-18-24/h5-7,10-12,15-17,21,28,34-36H,2,4,8-9,13-14,18-20,22H2,1H3. The summed E-state index contributed by atoms with van der Waals surface area (Å²) < 4.78 is 54.1. The van der Waals surface area contributed by atoms with Crippen molar-refractivity contribution in [3.8, 4) is 0 Å². The monoisotopic (exact) mass is 557 g/mol. The molecule has 1 atom stereocenters. The van der Waals surface area contributed by atoms with Gasteiger partial charge in [-0.1, -0.05) is 36.8 Å². The summed E-state index contributed by atoms with van der Waals surface area (Å²) in [7, 11) is -3.59. The Morgan fingerprint density at radius 2 is 1.82 bits per heavy atom. The number of aliphatic hydroxyl groups excluding tert-OH is 1. The van der Waals surface area contributed by atoms with Gasteiger partial charge in [-0.2, -0.15) is 0 Å². The molecule has 0 aliphatic heterocycles. The molecule has 1 unspecified atom stereocenters. The van der Waals surface area contributed by atoms with Crippen LogP contribution in [0.2, 0.25) is 0 Å². The van der Waals surface area contributed by atoms with Crippen molar-refractivity contribution in [2.24, 2.45) is 0 Å². The summed E-state index contributed by atoms with van der Waals surface area (Å²) in [4.78, 5) is 0.243. The van der Waals surface area contributed by atoms with E-state index in [0.29, 0.717) is 44.2 Å². The van der Waals surface area contributed by atoms with Crippen molar-refractivity contribution in [2.45, 2.75) is 87.2 Å². The molecule has 3 N–H and O–H groups in total. The number of alkyl halides is 2. The summed E-state index contributed by atoms with van der Waals surface area (Å²) in [5.74, 6) is -2.89. The number of aliphatic hydroxyl groups is 2. The predicted molar refractivity (Wildman–Crippen MR) is 150 cm³/mol. The van der Waals surface area contributed by atoms with E-state index in [1.54, 1.807) is 36.4 Å². The molecule has 5 nitrogen and oxygen atoms in total. The third-order valence-electron chi connectivity index (χ3n) is 7.82. The van der Waals surface area contributed by atoms with Gasteiger partial charge < -0.3 is 15.5 Å². The van der Waals surface area contributed by atoms with E-state index in [1.807, 2.05) is 0 Å². The molecular formula is C31H37F2NO4S. The van der Waals surface area contributed by atoms with Gasteiger partial charge in [0.1, 0.15) is 0 Å². The van der Waals surface area contributed by atoms with Crippen molar-refractivity contribution < 1.29 is 27.4 Å². The lowest BCUT2D eigenvalue weighted by Gasteiger charge is -2.26. The van der Waals surface area contributed by atoms with E-state index in [9.17, 15) is 27.4 Å². The number of benzene rings is 1. The van der Waals surface area contributed by atoms with Crippen molar-refractivity contribution in [3.05, 3.63) is 88.2 Å². The largest absolute Gasteiger partial charge is 0.393 e. The molecule has 0 aromatic heterocycles. The molecule has 0 spiro atoms. The Bertz CT molecular complexity index is 1340. The van der Waals surface area contributed by atoms with Crippen molar-refractivity contribution >= 4 is 15.4 Å². The van der Waals surface area contributed by atoms with E-state index in [0.717, 1.165) is 29.6 Å². The van der Waals surface area contributed by atoms with E-state index in [2.05, 4.69) is 17.1 Å². The van der Waals surface area contributed by atoms with Crippen molar-refractivity contribution in [2.75, 3.05) is 6.61 Å². The highest BCUT2D eigenvalue weighted by atomic mass is 32.2. The summed E-state index contributed by atoms with van der Waals surface area (Å²) in [5, 5.41) is 24.6. The summed E-state index contributed by atoms with van der Waals surface area (Å²) in [5.41, 5.74) is 5.26. The fourth-order valence-corrected chi connectivity index (χ4v) is 6.51. The van der Waals surface area contributed by atoms with Gasteiger partial charge >= 0.3 is 0 Å². The molecular weight excluding hydrogens is 520 g/mol. The van der Waals surface area contributed by atoms with Crippen molar-refractivity contribution in [1.29, 1.82) is 0 Å². The maximum absolute atomic E-state index is 14.0. The molecule has 1 fully saturated rings. The van der Waals surface area contributed by atoms with Crippen LogP contribution >= 0.6 is 0 Å². The summed E-state index contributed by atoms with van der Waals surface area (Å²) in [6, 6.07) is 6.98. The third kappa shape index (κ3) is 7.46. The number of rotatable bonds is 8. The highest BCUT2D eigenvalue weighted by Crippen LogP contribution is 2.33. The molecule has 0 heterocycles. The number of halogens is 2. The SMILES string of the molecule is CCC(F)(F)C1=CC=C(NC2CCC(=CS(=O)(=O)c3ccc(C4=CCCC(O)(CO)CC4)cc3)CC2)C=C=C1. The maximum Gasteiger partial charge on any atom is 0.273 e. The number of allylic oxidation sites excluding steroid dienone is 7. The lowest BCUT2D eigenvalue weighted by atomic mass is 9.91. The number of nitrogens with one attached hydrogen (secondary N) is 1. The third-order valence-corrected chi connectivity index (χ3v) is 9.39. The Labute approximate surface area is 229 Å². The Morgan fingerprint density at radius 3 is 2.49 bits per heavy atom. The van der Waals surface area contributed by atoms with Gasteiger partial charge in [-0.05, 0) is 86.8 Å². The second kappa shape index (κ2) is 12.2. The first kappa shape index (κ1) is 29.2. The molecule has 1 saturated carbocycles. The molecule has 210 valence electrons. The molecule has 0 radical (unpaired) electrons. The fourth-order valence-electron chi connectivity index (χ4n) is 5.18. The van der Waals surface area contributed by atoms with Crippen molar-refractivity contribution in [1.82, 2.24) is 5.32 Å². The van der Waals surface area contributed by atoms with Crippen LogP contribution in [0.15, 0.2) is 87.5 Å². The van der Waals surface area contributed by atoms with Crippen LogP contribution in [0.1, 0.15) is 70.3 Å². The van der Waals surface area contributed by atoms with E-state index < -0.39 is 21.4 Å². The molecule has 39 heavy (non-hydrogen) atoms. The Kier molecular flexibility index (Phi) is 9.12.